The van der Waals surface area contributed by atoms with Gasteiger partial charge >= 0.3 is 0 Å². The van der Waals surface area contributed by atoms with Crippen molar-refractivity contribution in [2.24, 2.45) is 0 Å². The Morgan fingerprint density at radius 2 is 2.31 bits per heavy atom. The van der Waals surface area contributed by atoms with Crippen molar-refractivity contribution >= 4 is 23.5 Å². The Morgan fingerprint density at radius 3 is 3.06 bits per heavy atom. The van der Waals surface area contributed by atoms with Crippen molar-refractivity contribution in [2.75, 3.05) is 11.1 Å². The van der Waals surface area contributed by atoms with Gasteiger partial charge in [0.15, 0.2) is 0 Å². The summed E-state index contributed by atoms with van der Waals surface area (Å²) in [6.07, 6.45) is 1.51. The molecule has 0 unspecified atom stereocenters. The van der Waals surface area contributed by atoms with Gasteiger partial charge in [0.2, 0.25) is 11.1 Å². The molecule has 0 aromatic carbocycles. The molecule has 0 fully saturated rings. The minimum atomic E-state index is 0.592. The minimum absolute atomic E-state index is 0.592. The van der Waals surface area contributed by atoms with Crippen LogP contribution in [0, 0.1) is 6.92 Å². The van der Waals surface area contributed by atoms with E-state index >= 15 is 0 Å². The summed E-state index contributed by atoms with van der Waals surface area (Å²) < 4.78 is 0. The number of hydrogen-bond acceptors (Lipinski definition) is 6. The molecule has 0 amide bonds. The molecule has 7 heteroatoms. The lowest BCUT2D eigenvalue weighted by Crippen LogP contribution is -1.96. The van der Waals surface area contributed by atoms with Crippen molar-refractivity contribution in [3.8, 4) is 0 Å². The number of nitrogens with one attached hydrogen (secondary N) is 2. The van der Waals surface area contributed by atoms with E-state index in [0.717, 1.165) is 16.6 Å². The van der Waals surface area contributed by atoms with Crippen LogP contribution in [0.25, 0.3) is 0 Å². The van der Waals surface area contributed by atoms with E-state index in [2.05, 4.69) is 37.4 Å². The molecule has 0 aliphatic carbocycles. The molecule has 2 heterocycles. The molecule has 84 valence electrons. The second-order valence-electron chi connectivity index (χ2n) is 3.07. The second kappa shape index (κ2) is 4.93. The maximum absolute atomic E-state index is 4.25. The molecule has 16 heavy (non-hydrogen) atoms. The first-order valence-electron chi connectivity index (χ1n) is 4.89. The van der Waals surface area contributed by atoms with E-state index in [1.165, 1.54) is 6.33 Å². The summed E-state index contributed by atoms with van der Waals surface area (Å²) in [7, 11) is 0. The van der Waals surface area contributed by atoms with Crippen LogP contribution in [0.2, 0.25) is 0 Å². The highest BCUT2D eigenvalue weighted by molar-refractivity contribution is 7.99. The number of anilines is 2. The zero-order valence-electron chi connectivity index (χ0n) is 9.06. The van der Waals surface area contributed by atoms with Gasteiger partial charge in [0.25, 0.3) is 0 Å². The van der Waals surface area contributed by atoms with Crippen LogP contribution >= 0.6 is 11.8 Å². The summed E-state index contributed by atoms with van der Waals surface area (Å²) in [4.78, 5) is 12.3. The molecule has 0 atom stereocenters. The Hall–Kier alpha value is -1.63. The van der Waals surface area contributed by atoms with Crippen LogP contribution < -0.4 is 5.32 Å². The number of aryl methyl sites for hydroxylation is 1. The zero-order chi connectivity index (χ0) is 11.4. The van der Waals surface area contributed by atoms with Crippen molar-refractivity contribution in [1.29, 1.82) is 0 Å². The van der Waals surface area contributed by atoms with Gasteiger partial charge in [-0.25, -0.2) is 15.1 Å². The Labute approximate surface area is 97.3 Å². The van der Waals surface area contributed by atoms with Crippen molar-refractivity contribution < 1.29 is 0 Å². The van der Waals surface area contributed by atoms with Crippen LogP contribution in [0.5, 0.6) is 0 Å². The standard InChI is InChI=1S/C9H12N6S/c1-3-16-9-13-8(14-15-9)12-7-4-6(2)10-5-11-7/h4-5H,3H2,1-2H3,(H2,10,11,12,13,14,15). The highest BCUT2D eigenvalue weighted by Gasteiger charge is 2.03. The average Bonchev–Trinajstić information content (AvgIpc) is 2.66. The Bertz CT molecular complexity index is 469. The maximum atomic E-state index is 4.25. The van der Waals surface area contributed by atoms with Crippen molar-refractivity contribution in [3.63, 3.8) is 0 Å². The number of aromatic nitrogens is 5. The summed E-state index contributed by atoms with van der Waals surface area (Å²) in [5.74, 6) is 2.25. The van der Waals surface area contributed by atoms with Gasteiger partial charge in [0, 0.05) is 11.8 Å². The maximum Gasteiger partial charge on any atom is 0.225 e. The topological polar surface area (TPSA) is 79.4 Å². The van der Waals surface area contributed by atoms with Gasteiger partial charge in [0.1, 0.15) is 12.1 Å². The van der Waals surface area contributed by atoms with E-state index in [9.17, 15) is 0 Å². The molecule has 2 aromatic rings. The van der Waals surface area contributed by atoms with E-state index in [1.54, 1.807) is 11.8 Å². The number of nitrogens with zero attached hydrogens (tertiary/aromatic N) is 4. The number of H-pyrrole nitrogens is 1. The predicted molar refractivity (Wildman–Crippen MR) is 62.8 cm³/mol. The number of thioether (sulfide) groups is 1. The van der Waals surface area contributed by atoms with Gasteiger partial charge in [-0.05, 0) is 12.7 Å². The lowest BCUT2D eigenvalue weighted by molar-refractivity contribution is 0.974. The van der Waals surface area contributed by atoms with E-state index in [1.807, 2.05) is 13.0 Å². The average molecular weight is 236 g/mol. The fourth-order valence-electron chi connectivity index (χ4n) is 1.14. The summed E-state index contributed by atoms with van der Waals surface area (Å²) >= 11 is 1.58. The van der Waals surface area contributed by atoms with Crippen LogP contribution in [-0.2, 0) is 0 Å². The van der Waals surface area contributed by atoms with Crippen molar-refractivity contribution in [2.45, 2.75) is 19.0 Å². The molecule has 0 aliphatic heterocycles. The summed E-state index contributed by atoms with van der Waals surface area (Å²) in [5, 5.41) is 10.6. The number of aromatic amines is 1. The monoisotopic (exact) mass is 236 g/mol. The molecule has 2 N–H and O–H groups in total. The van der Waals surface area contributed by atoms with E-state index in [-0.39, 0.29) is 0 Å². The van der Waals surface area contributed by atoms with Crippen LogP contribution in [0.15, 0.2) is 17.6 Å². The minimum Gasteiger partial charge on any atom is -0.309 e. The van der Waals surface area contributed by atoms with E-state index < -0.39 is 0 Å². The third-order valence-electron chi connectivity index (χ3n) is 1.79. The lowest BCUT2D eigenvalue weighted by atomic mass is 10.4. The smallest absolute Gasteiger partial charge is 0.225 e. The van der Waals surface area contributed by atoms with Crippen molar-refractivity contribution in [3.05, 3.63) is 18.1 Å². The molecule has 6 nitrogen and oxygen atoms in total. The molecule has 0 bridgehead atoms. The first-order chi connectivity index (χ1) is 7.78. The largest absolute Gasteiger partial charge is 0.309 e. The lowest BCUT2D eigenvalue weighted by Gasteiger charge is -2.00. The molecule has 2 rings (SSSR count). The van der Waals surface area contributed by atoms with Crippen LogP contribution in [0.1, 0.15) is 12.6 Å². The molecule has 0 radical (unpaired) electrons. The van der Waals surface area contributed by atoms with Crippen LogP contribution in [0.3, 0.4) is 0 Å². The number of hydrogen-bond donors (Lipinski definition) is 2. The Balaban J connectivity index is 2.08. The van der Waals surface area contributed by atoms with Crippen molar-refractivity contribution in [1.82, 2.24) is 25.1 Å². The van der Waals surface area contributed by atoms with Gasteiger partial charge < -0.3 is 5.32 Å². The third kappa shape index (κ3) is 2.69. The quantitative estimate of drug-likeness (QED) is 0.787. The van der Waals surface area contributed by atoms with E-state index in [0.29, 0.717) is 11.8 Å². The summed E-state index contributed by atoms with van der Waals surface area (Å²) in [6.45, 7) is 3.97. The Kier molecular flexibility index (Phi) is 3.35. The molecule has 0 spiro atoms. The van der Waals surface area contributed by atoms with Gasteiger partial charge in [-0.2, -0.15) is 4.98 Å². The fraction of sp³-hybridized carbons (Fsp3) is 0.333. The summed E-state index contributed by atoms with van der Waals surface area (Å²) in [6, 6.07) is 1.84. The zero-order valence-corrected chi connectivity index (χ0v) is 9.88. The van der Waals surface area contributed by atoms with Gasteiger partial charge in [-0.1, -0.05) is 18.7 Å². The fourth-order valence-corrected chi connectivity index (χ4v) is 1.66. The van der Waals surface area contributed by atoms with Crippen LogP contribution in [0.4, 0.5) is 11.8 Å². The van der Waals surface area contributed by atoms with Gasteiger partial charge in [-0.3, -0.25) is 0 Å². The predicted octanol–water partition coefficient (Wildman–Crippen LogP) is 1.76. The molecule has 0 saturated carbocycles. The number of rotatable bonds is 4. The second-order valence-corrected chi connectivity index (χ2v) is 4.30. The molecule has 0 aliphatic rings. The first kappa shape index (κ1) is 10.9. The first-order valence-corrected chi connectivity index (χ1v) is 5.87. The molecule has 2 aromatic heterocycles. The Morgan fingerprint density at radius 1 is 1.44 bits per heavy atom. The highest BCUT2D eigenvalue weighted by Crippen LogP contribution is 2.15. The molecule has 0 saturated heterocycles. The van der Waals surface area contributed by atoms with Gasteiger partial charge in [-0.15, -0.1) is 5.10 Å². The molecular weight excluding hydrogens is 224 g/mol. The van der Waals surface area contributed by atoms with Crippen LogP contribution in [-0.4, -0.2) is 30.9 Å². The summed E-state index contributed by atoms with van der Waals surface area (Å²) in [5.41, 5.74) is 0.903. The highest BCUT2D eigenvalue weighted by atomic mass is 32.2. The van der Waals surface area contributed by atoms with Gasteiger partial charge in [0.05, 0.1) is 0 Å². The normalized spacial score (nSPS) is 10.4. The van der Waals surface area contributed by atoms with E-state index in [4.69, 9.17) is 0 Å². The third-order valence-corrected chi connectivity index (χ3v) is 2.52. The SMILES string of the molecule is CCSc1n[nH]c(Nc2cc(C)ncn2)n1. The molecular formula is C9H12N6S.